The molecule has 1 N–H and O–H groups in total. The van der Waals surface area contributed by atoms with Crippen molar-refractivity contribution in [2.75, 3.05) is 0 Å². The van der Waals surface area contributed by atoms with Crippen LogP contribution in [0.1, 0.15) is 11.1 Å². The number of aromatic nitrogens is 1. The smallest absolute Gasteiger partial charge is 0.392 e. The highest BCUT2D eigenvalue weighted by Crippen LogP contribution is 2.37. The first-order valence-electron chi connectivity index (χ1n) is 3.67. The van der Waals surface area contributed by atoms with Gasteiger partial charge in [0.25, 0.3) is 5.69 Å². The molecule has 0 spiro atoms. The standard InChI is InChI=1S/C7H5F3N2O3/c8-7(9,10)6-4(3-13)1-11-2-5(6)12(14)15/h1-2,13H,3H2. The Kier molecular flexibility index (Phi) is 2.89. The quantitative estimate of drug-likeness (QED) is 0.607. The lowest BCUT2D eigenvalue weighted by Crippen LogP contribution is -2.13. The van der Waals surface area contributed by atoms with E-state index in [1.165, 1.54) is 0 Å². The third-order valence-electron chi connectivity index (χ3n) is 1.65. The second-order valence-corrected chi connectivity index (χ2v) is 2.61. The van der Waals surface area contributed by atoms with Gasteiger partial charge in [-0.1, -0.05) is 0 Å². The zero-order valence-corrected chi connectivity index (χ0v) is 7.15. The molecule has 5 nitrogen and oxygen atoms in total. The maximum Gasteiger partial charge on any atom is 0.423 e. The number of nitro groups is 1. The zero-order valence-electron chi connectivity index (χ0n) is 7.15. The molecule has 0 bridgehead atoms. The van der Waals surface area contributed by atoms with Crippen LogP contribution in [0.15, 0.2) is 12.4 Å². The Hall–Kier alpha value is -1.70. The van der Waals surface area contributed by atoms with Crippen molar-refractivity contribution in [1.29, 1.82) is 0 Å². The van der Waals surface area contributed by atoms with E-state index in [4.69, 9.17) is 5.11 Å². The number of aliphatic hydroxyl groups is 1. The third-order valence-corrected chi connectivity index (χ3v) is 1.65. The van der Waals surface area contributed by atoms with Gasteiger partial charge in [0.1, 0.15) is 11.8 Å². The second kappa shape index (κ2) is 3.81. The SMILES string of the molecule is O=[N+]([O-])c1cncc(CO)c1C(F)(F)F. The summed E-state index contributed by atoms with van der Waals surface area (Å²) in [6.45, 7) is -0.955. The van der Waals surface area contributed by atoms with Gasteiger partial charge < -0.3 is 5.11 Å². The number of hydrogen-bond acceptors (Lipinski definition) is 4. The number of aliphatic hydroxyl groups excluding tert-OH is 1. The van der Waals surface area contributed by atoms with Gasteiger partial charge in [0.15, 0.2) is 0 Å². The highest BCUT2D eigenvalue weighted by Gasteiger charge is 2.40. The Balaban J connectivity index is 3.47. The molecular formula is C7H5F3N2O3. The van der Waals surface area contributed by atoms with Crippen LogP contribution in [-0.2, 0) is 12.8 Å². The summed E-state index contributed by atoms with van der Waals surface area (Å²) in [5.74, 6) is 0. The summed E-state index contributed by atoms with van der Waals surface area (Å²) in [4.78, 5) is 12.4. The van der Waals surface area contributed by atoms with Crippen LogP contribution >= 0.6 is 0 Å². The molecule has 15 heavy (non-hydrogen) atoms. The topological polar surface area (TPSA) is 76.3 Å². The fraction of sp³-hybridized carbons (Fsp3) is 0.286. The number of hydrogen-bond donors (Lipinski definition) is 1. The lowest BCUT2D eigenvalue weighted by Gasteiger charge is -2.10. The van der Waals surface area contributed by atoms with E-state index in [9.17, 15) is 23.3 Å². The zero-order chi connectivity index (χ0) is 11.6. The van der Waals surface area contributed by atoms with Gasteiger partial charge in [0.05, 0.1) is 11.5 Å². The number of pyridine rings is 1. The summed E-state index contributed by atoms with van der Waals surface area (Å²) < 4.78 is 37.2. The molecule has 0 atom stereocenters. The minimum atomic E-state index is -4.89. The van der Waals surface area contributed by atoms with E-state index in [-0.39, 0.29) is 0 Å². The minimum absolute atomic E-state index is 0.502. The van der Waals surface area contributed by atoms with E-state index < -0.39 is 34.5 Å². The highest BCUT2D eigenvalue weighted by atomic mass is 19.4. The second-order valence-electron chi connectivity index (χ2n) is 2.61. The molecule has 8 heteroatoms. The van der Waals surface area contributed by atoms with Gasteiger partial charge in [0, 0.05) is 11.8 Å². The Morgan fingerprint density at radius 2 is 2.07 bits per heavy atom. The van der Waals surface area contributed by atoms with Gasteiger partial charge in [0.2, 0.25) is 0 Å². The molecule has 0 radical (unpaired) electrons. The van der Waals surface area contributed by atoms with E-state index >= 15 is 0 Å². The average molecular weight is 222 g/mol. The molecule has 0 aliphatic rings. The van der Waals surface area contributed by atoms with Crippen LogP contribution in [0.3, 0.4) is 0 Å². The maximum absolute atomic E-state index is 12.4. The Bertz CT molecular complexity index is 392. The van der Waals surface area contributed by atoms with Crippen molar-refractivity contribution in [2.45, 2.75) is 12.8 Å². The van der Waals surface area contributed by atoms with Crippen molar-refractivity contribution in [1.82, 2.24) is 4.98 Å². The molecule has 1 aromatic rings. The third kappa shape index (κ3) is 2.21. The van der Waals surface area contributed by atoms with Gasteiger partial charge in [-0.05, 0) is 0 Å². The van der Waals surface area contributed by atoms with Crippen molar-refractivity contribution in [3.8, 4) is 0 Å². The molecule has 0 aliphatic heterocycles. The summed E-state index contributed by atoms with van der Waals surface area (Å²) in [6, 6.07) is 0. The molecule has 1 heterocycles. The van der Waals surface area contributed by atoms with Crippen molar-refractivity contribution in [2.24, 2.45) is 0 Å². The molecule has 0 amide bonds. The lowest BCUT2D eigenvalue weighted by atomic mass is 10.1. The van der Waals surface area contributed by atoms with Crippen LogP contribution in [0.2, 0.25) is 0 Å². The van der Waals surface area contributed by atoms with E-state index in [2.05, 4.69) is 4.98 Å². The van der Waals surface area contributed by atoms with Gasteiger partial charge in [-0.2, -0.15) is 13.2 Å². The van der Waals surface area contributed by atoms with Crippen LogP contribution < -0.4 is 0 Å². The summed E-state index contributed by atoms with van der Waals surface area (Å²) in [7, 11) is 0. The van der Waals surface area contributed by atoms with E-state index in [0.717, 1.165) is 6.20 Å². The molecule has 1 aromatic heterocycles. The van der Waals surface area contributed by atoms with Crippen LogP contribution in [0.25, 0.3) is 0 Å². The first-order chi connectivity index (χ1) is 6.88. The Labute approximate surface area is 81.3 Å². The van der Waals surface area contributed by atoms with E-state index in [0.29, 0.717) is 6.20 Å². The average Bonchev–Trinajstić information content (AvgIpc) is 2.15. The van der Waals surface area contributed by atoms with E-state index in [1.54, 1.807) is 0 Å². The Morgan fingerprint density at radius 1 is 1.47 bits per heavy atom. The fourth-order valence-corrected chi connectivity index (χ4v) is 1.08. The Morgan fingerprint density at radius 3 is 2.47 bits per heavy atom. The number of nitrogens with zero attached hydrogens (tertiary/aromatic N) is 2. The predicted molar refractivity (Wildman–Crippen MR) is 41.8 cm³/mol. The summed E-state index contributed by atoms with van der Waals surface area (Å²) in [5, 5.41) is 18.9. The number of halogens is 3. The van der Waals surface area contributed by atoms with Crippen molar-refractivity contribution in [3.05, 3.63) is 33.6 Å². The van der Waals surface area contributed by atoms with Crippen molar-refractivity contribution >= 4 is 5.69 Å². The van der Waals surface area contributed by atoms with Crippen LogP contribution in [-0.4, -0.2) is 15.0 Å². The molecule has 0 saturated carbocycles. The molecular weight excluding hydrogens is 217 g/mol. The van der Waals surface area contributed by atoms with Crippen LogP contribution in [0.4, 0.5) is 18.9 Å². The molecule has 0 aromatic carbocycles. The molecule has 0 saturated heterocycles. The molecule has 0 fully saturated rings. The largest absolute Gasteiger partial charge is 0.423 e. The van der Waals surface area contributed by atoms with Crippen molar-refractivity contribution < 1.29 is 23.2 Å². The van der Waals surface area contributed by atoms with Gasteiger partial charge in [-0.3, -0.25) is 15.1 Å². The summed E-state index contributed by atoms with van der Waals surface area (Å²) >= 11 is 0. The summed E-state index contributed by atoms with van der Waals surface area (Å²) in [6.07, 6.45) is -3.64. The normalized spacial score (nSPS) is 11.5. The lowest BCUT2D eigenvalue weighted by molar-refractivity contribution is -0.388. The number of alkyl halides is 3. The fourth-order valence-electron chi connectivity index (χ4n) is 1.08. The van der Waals surface area contributed by atoms with Gasteiger partial charge in [-0.25, -0.2) is 0 Å². The van der Waals surface area contributed by atoms with Crippen molar-refractivity contribution in [3.63, 3.8) is 0 Å². The van der Waals surface area contributed by atoms with Gasteiger partial charge in [-0.15, -0.1) is 0 Å². The monoisotopic (exact) mass is 222 g/mol. The first kappa shape index (κ1) is 11.4. The van der Waals surface area contributed by atoms with Crippen LogP contribution in [0.5, 0.6) is 0 Å². The van der Waals surface area contributed by atoms with Crippen LogP contribution in [0, 0.1) is 10.1 Å². The maximum atomic E-state index is 12.4. The molecule has 0 unspecified atom stereocenters. The molecule has 0 aliphatic carbocycles. The predicted octanol–water partition coefficient (Wildman–Crippen LogP) is 1.50. The number of rotatable bonds is 2. The molecule has 82 valence electrons. The highest BCUT2D eigenvalue weighted by molar-refractivity contribution is 5.44. The molecule has 1 rings (SSSR count). The van der Waals surface area contributed by atoms with E-state index in [1.807, 2.05) is 0 Å². The first-order valence-corrected chi connectivity index (χ1v) is 3.67. The van der Waals surface area contributed by atoms with Gasteiger partial charge >= 0.3 is 6.18 Å². The summed E-state index contributed by atoms with van der Waals surface area (Å²) in [5.41, 5.74) is -3.23. The minimum Gasteiger partial charge on any atom is -0.392 e.